The van der Waals surface area contributed by atoms with Crippen LogP contribution in [0.25, 0.3) is 0 Å². The molecule has 0 aliphatic rings. The summed E-state index contributed by atoms with van der Waals surface area (Å²) >= 11 is 0. The topological polar surface area (TPSA) is 157 Å². The zero-order chi connectivity index (χ0) is 34.3. The number of aliphatic carboxylic acids is 1. The summed E-state index contributed by atoms with van der Waals surface area (Å²) in [5.41, 5.74) is -0.661. The summed E-state index contributed by atoms with van der Waals surface area (Å²) < 4.78 is 16.3. The minimum atomic E-state index is -1.85. The summed E-state index contributed by atoms with van der Waals surface area (Å²) in [6.45, 7) is 4.90. The minimum absolute atomic E-state index is 0.0321. The third-order valence-corrected chi connectivity index (χ3v) is 6.98. The van der Waals surface area contributed by atoms with E-state index in [1.807, 2.05) is 24.3 Å². The van der Waals surface area contributed by atoms with Crippen LogP contribution in [-0.2, 0) is 53.0 Å². The molecule has 0 aromatic heterocycles. The van der Waals surface area contributed by atoms with Crippen LogP contribution < -0.4 is 10.6 Å². The SMILES string of the molecule is CC(C)(C)OC(=O)N[C@](CCC(=O)O)(Cc1ccccc1)C(=O)N[C@@H](CCC(=O)OCc1ccccc1)C(=O)OCc1ccccc1. The molecule has 0 aliphatic carbocycles. The van der Waals surface area contributed by atoms with E-state index < -0.39 is 53.5 Å². The normalized spacial score (nSPS) is 12.9. The van der Waals surface area contributed by atoms with E-state index >= 15 is 0 Å². The summed E-state index contributed by atoms with van der Waals surface area (Å²) in [4.78, 5) is 65.1. The number of ether oxygens (including phenoxy) is 3. The second kappa shape index (κ2) is 17.5. The molecular formula is C36H42N2O9. The van der Waals surface area contributed by atoms with Crippen LogP contribution in [0.15, 0.2) is 91.0 Å². The molecule has 0 saturated carbocycles. The number of amides is 2. The van der Waals surface area contributed by atoms with E-state index in [4.69, 9.17) is 14.2 Å². The van der Waals surface area contributed by atoms with Crippen molar-refractivity contribution in [2.45, 2.75) is 83.3 Å². The minimum Gasteiger partial charge on any atom is -0.481 e. The van der Waals surface area contributed by atoms with E-state index in [9.17, 15) is 29.1 Å². The molecule has 3 rings (SSSR count). The molecule has 11 nitrogen and oxygen atoms in total. The summed E-state index contributed by atoms with van der Waals surface area (Å²) in [6, 6.07) is 25.4. The second-order valence-corrected chi connectivity index (χ2v) is 12.1. The second-order valence-electron chi connectivity index (χ2n) is 12.1. The smallest absolute Gasteiger partial charge is 0.408 e. The summed E-state index contributed by atoms with van der Waals surface area (Å²) in [5, 5.41) is 14.8. The van der Waals surface area contributed by atoms with E-state index in [-0.39, 0.29) is 38.9 Å². The van der Waals surface area contributed by atoms with Crippen molar-refractivity contribution >= 4 is 29.9 Å². The predicted molar refractivity (Wildman–Crippen MR) is 173 cm³/mol. The highest BCUT2D eigenvalue weighted by Crippen LogP contribution is 2.23. The molecular weight excluding hydrogens is 604 g/mol. The molecule has 3 aromatic rings. The number of hydrogen-bond acceptors (Lipinski definition) is 8. The fourth-order valence-corrected chi connectivity index (χ4v) is 4.66. The van der Waals surface area contributed by atoms with E-state index in [0.717, 1.165) is 5.56 Å². The van der Waals surface area contributed by atoms with Gasteiger partial charge in [0.2, 0.25) is 5.91 Å². The zero-order valence-electron chi connectivity index (χ0n) is 26.9. The number of esters is 2. The molecule has 0 aliphatic heterocycles. The Balaban J connectivity index is 1.88. The van der Waals surface area contributed by atoms with Gasteiger partial charge in [-0.1, -0.05) is 91.0 Å². The Morgan fingerprint density at radius 1 is 0.723 bits per heavy atom. The lowest BCUT2D eigenvalue weighted by atomic mass is 9.84. The summed E-state index contributed by atoms with van der Waals surface area (Å²) in [7, 11) is 0. The van der Waals surface area contributed by atoms with Crippen molar-refractivity contribution in [2.24, 2.45) is 0 Å². The van der Waals surface area contributed by atoms with Gasteiger partial charge >= 0.3 is 24.0 Å². The highest BCUT2D eigenvalue weighted by atomic mass is 16.6. The number of benzene rings is 3. The van der Waals surface area contributed by atoms with Gasteiger partial charge in [-0.3, -0.25) is 14.4 Å². The highest BCUT2D eigenvalue weighted by molar-refractivity contribution is 5.94. The largest absolute Gasteiger partial charge is 0.481 e. The Hall–Kier alpha value is -5.19. The molecule has 0 fully saturated rings. The molecule has 0 spiro atoms. The molecule has 3 N–H and O–H groups in total. The average molecular weight is 647 g/mol. The van der Waals surface area contributed by atoms with Crippen LogP contribution in [0.3, 0.4) is 0 Å². The monoisotopic (exact) mass is 646 g/mol. The quantitative estimate of drug-likeness (QED) is 0.142. The first-order valence-electron chi connectivity index (χ1n) is 15.3. The lowest BCUT2D eigenvalue weighted by Crippen LogP contribution is -2.63. The van der Waals surface area contributed by atoms with Gasteiger partial charge in [-0.25, -0.2) is 9.59 Å². The van der Waals surface area contributed by atoms with E-state index in [1.54, 1.807) is 87.5 Å². The molecule has 2 atom stereocenters. The standard InChI is InChI=1S/C36H42N2O9/c1-35(2,3)47-34(44)38-36(22-21-30(39)40,23-26-13-7-4-8-14-26)33(43)37-29(32(42)46-25-28-17-11-6-12-18-28)19-20-31(41)45-24-27-15-9-5-10-16-27/h4-18,29H,19-25H2,1-3H3,(H,37,43)(H,38,44)(H,39,40)/t29-,36+/m0/s1. The van der Waals surface area contributed by atoms with Crippen LogP contribution in [0.4, 0.5) is 4.79 Å². The maximum Gasteiger partial charge on any atom is 0.408 e. The van der Waals surface area contributed by atoms with Crippen molar-refractivity contribution < 1.29 is 43.3 Å². The van der Waals surface area contributed by atoms with Crippen LogP contribution in [0.5, 0.6) is 0 Å². The average Bonchev–Trinajstić information content (AvgIpc) is 3.03. The number of hydrogen-bond donors (Lipinski definition) is 3. The van der Waals surface area contributed by atoms with Gasteiger partial charge in [0, 0.05) is 19.3 Å². The van der Waals surface area contributed by atoms with Crippen LogP contribution >= 0.6 is 0 Å². The van der Waals surface area contributed by atoms with Crippen molar-refractivity contribution in [1.82, 2.24) is 10.6 Å². The first kappa shape index (κ1) is 36.3. The van der Waals surface area contributed by atoms with Crippen molar-refractivity contribution in [3.8, 4) is 0 Å². The maximum absolute atomic E-state index is 14.2. The van der Waals surface area contributed by atoms with Crippen molar-refractivity contribution in [1.29, 1.82) is 0 Å². The molecule has 0 saturated heterocycles. The van der Waals surface area contributed by atoms with Gasteiger partial charge in [-0.05, 0) is 50.3 Å². The number of carbonyl (C=O) groups is 5. The molecule has 11 heteroatoms. The molecule has 2 amide bonds. The fraction of sp³-hybridized carbons (Fsp3) is 0.361. The molecule has 250 valence electrons. The number of nitrogens with one attached hydrogen (secondary N) is 2. The Morgan fingerprint density at radius 3 is 1.74 bits per heavy atom. The van der Waals surface area contributed by atoms with Crippen molar-refractivity contribution in [3.05, 3.63) is 108 Å². The Bertz CT molecular complexity index is 1470. The number of carboxylic acid groups (broad SMARTS) is 1. The Kier molecular flexibility index (Phi) is 13.5. The van der Waals surface area contributed by atoms with Gasteiger partial charge in [-0.15, -0.1) is 0 Å². The van der Waals surface area contributed by atoms with Crippen molar-refractivity contribution in [2.75, 3.05) is 0 Å². The van der Waals surface area contributed by atoms with Crippen LogP contribution in [0.1, 0.15) is 63.1 Å². The van der Waals surface area contributed by atoms with Gasteiger partial charge in [0.15, 0.2) is 0 Å². The van der Waals surface area contributed by atoms with Crippen LogP contribution in [0.2, 0.25) is 0 Å². The Labute approximate surface area is 274 Å². The molecule has 0 bridgehead atoms. The first-order valence-corrected chi connectivity index (χ1v) is 15.3. The predicted octanol–water partition coefficient (Wildman–Crippen LogP) is 5.11. The number of carbonyl (C=O) groups excluding carboxylic acids is 4. The van der Waals surface area contributed by atoms with Crippen LogP contribution in [0, 0.1) is 0 Å². The van der Waals surface area contributed by atoms with E-state index in [0.29, 0.717) is 11.1 Å². The first-order chi connectivity index (χ1) is 22.3. The number of alkyl carbamates (subject to hydrolysis) is 1. The van der Waals surface area contributed by atoms with Gasteiger partial charge in [0.25, 0.3) is 0 Å². The van der Waals surface area contributed by atoms with Gasteiger partial charge in [0.05, 0.1) is 0 Å². The lowest BCUT2D eigenvalue weighted by molar-refractivity contribution is -0.151. The number of carboxylic acids is 1. The molecule has 0 unspecified atom stereocenters. The van der Waals surface area contributed by atoms with E-state index in [1.165, 1.54) is 0 Å². The zero-order valence-corrected chi connectivity index (χ0v) is 26.9. The number of rotatable bonds is 16. The van der Waals surface area contributed by atoms with E-state index in [2.05, 4.69) is 10.6 Å². The van der Waals surface area contributed by atoms with Gasteiger partial charge < -0.3 is 30.0 Å². The highest BCUT2D eigenvalue weighted by Gasteiger charge is 2.43. The Morgan fingerprint density at radius 2 is 1.23 bits per heavy atom. The third kappa shape index (κ3) is 13.0. The molecule has 0 heterocycles. The molecule has 0 radical (unpaired) electrons. The summed E-state index contributed by atoms with van der Waals surface area (Å²) in [5.74, 6) is -3.45. The third-order valence-electron chi connectivity index (χ3n) is 6.98. The molecule has 47 heavy (non-hydrogen) atoms. The lowest BCUT2D eigenvalue weighted by Gasteiger charge is -2.35. The van der Waals surface area contributed by atoms with Gasteiger partial charge in [-0.2, -0.15) is 0 Å². The van der Waals surface area contributed by atoms with Crippen molar-refractivity contribution in [3.63, 3.8) is 0 Å². The molecule has 3 aromatic carbocycles. The van der Waals surface area contributed by atoms with Gasteiger partial charge in [0.1, 0.15) is 30.4 Å². The summed E-state index contributed by atoms with van der Waals surface area (Å²) in [6.07, 6.45) is -2.28. The maximum atomic E-state index is 14.2. The fourth-order valence-electron chi connectivity index (χ4n) is 4.66. The van der Waals surface area contributed by atoms with Crippen LogP contribution in [-0.4, -0.2) is 52.2 Å².